The van der Waals surface area contributed by atoms with Gasteiger partial charge in [-0.3, -0.25) is 0 Å². The molecule has 0 radical (unpaired) electrons. The van der Waals surface area contributed by atoms with Crippen LogP contribution >= 0.6 is 0 Å². The minimum Gasteiger partial charge on any atom is -0.373 e. The van der Waals surface area contributed by atoms with Gasteiger partial charge in [0.15, 0.2) is 5.82 Å². The van der Waals surface area contributed by atoms with Gasteiger partial charge in [-0.25, -0.2) is 9.97 Å². The maximum Gasteiger partial charge on any atom is 0.161 e. The van der Waals surface area contributed by atoms with Gasteiger partial charge in [-0.15, -0.1) is 0 Å². The number of hydrogen-bond acceptors (Lipinski definition) is 3. The Bertz CT molecular complexity index is 556. The average molecular weight is 239 g/mol. The Hall–Kier alpha value is -1.90. The molecule has 0 unspecified atom stereocenters. The number of anilines is 1. The maximum atomic E-state index is 4.69. The van der Waals surface area contributed by atoms with E-state index >= 15 is 0 Å². The van der Waals surface area contributed by atoms with Gasteiger partial charge < -0.3 is 5.32 Å². The van der Waals surface area contributed by atoms with Gasteiger partial charge in [0.1, 0.15) is 5.82 Å². The van der Waals surface area contributed by atoms with E-state index < -0.39 is 0 Å². The van der Waals surface area contributed by atoms with E-state index in [4.69, 9.17) is 4.98 Å². The molecule has 0 spiro atoms. The van der Waals surface area contributed by atoms with Crippen molar-refractivity contribution in [3.8, 4) is 11.4 Å². The zero-order chi connectivity index (χ0) is 12.5. The molecular formula is C15H17N3. The van der Waals surface area contributed by atoms with Crippen LogP contribution in [0.1, 0.15) is 30.0 Å². The van der Waals surface area contributed by atoms with E-state index in [1.807, 2.05) is 7.05 Å². The van der Waals surface area contributed by atoms with Crippen LogP contribution in [0, 0.1) is 6.92 Å². The van der Waals surface area contributed by atoms with Crippen molar-refractivity contribution in [3.63, 3.8) is 0 Å². The fourth-order valence-electron chi connectivity index (χ4n) is 2.01. The van der Waals surface area contributed by atoms with Gasteiger partial charge in [-0.05, 0) is 19.8 Å². The van der Waals surface area contributed by atoms with Crippen molar-refractivity contribution in [2.24, 2.45) is 0 Å². The van der Waals surface area contributed by atoms with Crippen LogP contribution in [0.2, 0.25) is 0 Å². The molecule has 1 fully saturated rings. The molecule has 1 aliphatic rings. The largest absolute Gasteiger partial charge is 0.373 e. The van der Waals surface area contributed by atoms with Crippen molar-refractivity contribution in [2.45, 2.75) is 25.7 Å². The Balaban J connectivity index is 2.04. The maximum absolute atomic E-state index is 4.69. The molecule has 0 atom stereocenters. The van der Waals surface area contributed by atoms with E-state index in [9.17, 15) is 0 Å². The van der Waals surface area contributed by atoms with Crippen LogP contribution < -0.4 is 5.32 Å². The van der Waals surface area contributed by atoms with Gasteiger partial charge in [0.2, 0.25) is 0 Å². The highest BCUT2D eigenvalue weighted by Gasteiger charge is 2.26. The third kappa shape index (κ3) is 2.21. The number of nitrogens with zero attached hydrogens (tertiary/aromatic N) is 2. The van der Waals surface area contributed by atoms with E-state index in [0.29, 0.717) is 5.92 Å². The van der Waals surface area contributed by atoms with Crippen LogP contribution in [0.5, 0.6) is 0 Å². The van der Waals surface area contributed by atoms with Crippen molar-refractivity contribution in [1.29, 1.82) is 0 Å². The molecule has 0 saturated heterocycles. The molecule has 0 aliphatic heterocycles. The third-order valence-electron chi connectivity index (χ3n) is 3.31. The van der Waals surface area contributed by atoms with Crippen molar-refractivity contribution in [1.82, 2.24) is 9.97 Å². The second kappa shape index (κ2) is 4.41. The SMILES string of the molecule is CNc1cc(C2CC2)nc(-c2ccc(C)cc2)n1. The minimum absolute atomic E-state index is 0.643. The summed E-state index contributed by atoms with van der Waals surface area (Å²) >= 11 is 0. The first-order valence-electron chi connectivity index (χ1n) is 6.40. The highest BCUT2D eigenvalue weighted by Crippen LogP contribution is 2.40. The molecule has 1 N–H and O–H groups in total. The first kappa shape index (κ1) is 11.2. The first-order chi connectivity index (χ1) is 8.76. The van der Waals surface area contributed by atoms with Crippen LogP contribution in [0.4, 0.5) is 5.82 Å². The molecule has 18 heavy (non-hydrogen) atoms. The average Bonchev–Trinajstić information content (AvgIpc) is 3.23. The lowest BCUT2D eigenvalue weighted by Crippen LogP contribution is -2.00. The van der Waals surface area contributed by atoms with E-state index in [-0.39, 0.29) is 0 Å². The molecule has 1 aromatic heterocycles. The first-order valence-corrected chi connectivity index (χ1v) is 6.40. The molecule has 3 nitrogen and oxygen atoms in total. The molecule has 3 rings (SSSR count). The number of benzene rings is 1. The Labute approximate surface area is 107 Å². The fourth-order valence-corrected chi connectivity index (χ4v) is 2.01. The zero-order valence-electron chi connectivity index (χ0n) is 10.8. The molecule has 1 aliphatic carbocycles. The Kier molecular flexibility index (Phi) is 2.74. The number of rotatable bonds is 3. The predicted molar refractivity (Wildman–Crippen MR) is 73.7 cm³/mol. The van der Waals surface area contributed by atoms with Crippen LogP contribution in [0.25, 0.3) is 11.4 Å². The second-order valence-corrected chi connectivity index (χ2v) is 4.89. The lowest BCUT2D eigenvalue weighted by Gasteiger charge is -2.07. The Morgan fingerprint density at radius 2 is 1.83 bits per heavy atom. The Morgan fingerprint density at radius 3 is 2.44 bits per heavy atom. The van der Waals surface area contributed by atoms with Crippen LogP contribution in [0.3, 0.4) is 0 Å². The second-order valence-electron chi connectivity index (χ2n) is 4.89. The Morgan fingerprint density at radius 1 is 1.11 bits per heavy atom. The van der Waals surface area contributed by atoms with Crippen molar-refractivity contribution < 1.29 is 0 Å². The molecule has 3 heteroatoms. The normalized spacial score (nSPS) is 14.6. The zero-order valence-corrected chi connectivity index (χ0v) is 10.8. The quantitative estimate of drug-likeness (QED) is 0.892. The monoisotopic (exact) mass is 239 g/mol. The van der Waals surface area contributed by atoms with Gasteiger partial charge in [-0.1, -0.05) is 29.8 Å². The summed E-state index contributed by atoms with van der Waals surface area (Å²) < 4.78 is 0. The standard InChI is InChI=1S/C15H17N3/c1-10-3-5-12(6-4-10)15-17-13(11-7-8-11)9-14(16-2)18-15/h3-6,9,11H,7-8H2,1-2H3,(H,16,17,18). The van der Waals surface area contributed by atoms with Crippen LogP contribution in [-0.2, 0) is 0 Å². The smallest absolute Gasteiger partial charge is 0.161 e. The number of nitrogens with one attached hydrogen (secondary N) is 1. The highest BCUT2D eigenvalue weighted by atomic mass is 15.0. The topological polar surface area (TPSA) is 37.8 Å². The van der Waals surface area contributed by atoms with Crippen LogP contribution in [-0.4, -0.2) is 17.0 Å². The summed E-state index contributed by atoms with van der Waals surface area (Å²) in [5.74, 6) is 2.37. The molecular weight excluding hydrogens is 222 g/mol. The van der Waals surface area contributed by atoms with E-state index in [2.05, 4.69) is 47.6 Å². The lowest BCUT2D eigenvalue weighted by atomic mass is 10.1. The van der Waals surface area contributed by atoms with Gasteiger partial charge >= 0.3 is 0 Å². The summed E-state index contributed by atoms with van der Waals surface area (Å²) in [7, 11) is 1.90. The van der Waals surface area contributed by atoms with E-state index in [1.54, 1.807) is 0 Å². The summed E-state index contributed by atoms with van der Waals surface area (Å²) in [6.07, 6.45) is 2.51. The number of hydrogen-bond donors (Lipinski definition) is 1. The molecule has 92 valence electrons. The predicted octanol–water partition coefficient (Wildman–Crippen LogP) is 3.37. The van der Waals surface area contributed by atoms with Gasteiger partial charge in [-0.2, -0.15) is 0 Å². The summed E-state index contributed by atoms with van der Waals surface area (Å²) in [6.45, 7) is 2.09. The molecule has 1 saturated carbocycles. The summed E-state index contributed by atoms with van der Waals surface area (Å²) in [4.78, 5) is 9.23. The lowest BCUT2D eigenvalue weighted by molar-refractivity contribution is 0.994. The summed E-state index contributed by atoms with van der Waals surface area (Å²) in [5, 5.41) is 3.12. The van der Waals surface area contributed by atoms with Crippen molar-refractivity contribution in [2.75, 3.05) is 12.4 Å². The minimum atomic E-state index is 0.643. The summed E-state index contributed by atoms with van der Waals surface area (Å²) in [5.41, 5.74) is 3.51. The summed E-state index contributed by atoms with van der Waals surface area (Å²) in [6, 6.07) is 10.4. The molecule has 0 amide bonds. The van der Waals surface area contributed by atoms with Crippen LogP contribution in [0.15, 0.2) is 30.3 Å². The van der Waals surface area contributed by atoms with E-state index in [1.165, 1.54) is 24.1 Å². The fraction of sp³-hybridized carbons (Fsp3) is 0.333. The highest BCUT2D eigenvalue weighted by molar-refractivity contribution is 5.58. The molecule has 1 aromatic carbocycles. The molecule has 1 heterocycles. The van der Waals surface area contributed by atoms with Gasteiger partial charge in [0.25, 0.3) is 0 Å². The number of aryl methyl sites for hydroxylation is 1. The third-order valence-corrected chi connectivity index (χ3v) is 3.31. The molecule has 0 bridgehead atoms. The van der Waals surface area contributed by atoms with Crippen molar-refractivity contribution >= 4 is 5.82 Å². The van der Waals surface area contributed by atoms with Gasteiger partial charge in [0.05, 0.1) is 0 Å². The van der Waals surface area contributed by atoms with E-state index in [0.717, 1.165) is 17.2 Å². The van der Waals surface area contributed by atoms with Crippen molar-refractivity contribution in [3.05, 3.63) is 41.6 Å². The molecule has 2 aromatic rings. The van der Waals surface area contributed by atoms with Gasteiger partial charge in [0, 0.05) is 30.3 Å². The number of aromatic nitrogens is 2.